The normalized spacial score (nSPS) is 28.4. The summed E-state index contributed by atoms with van der Waals surface area (Å²) in [7, 11) is 0. The average Bonchev–Trinajstić information content (AvgIpc) is 2.17. The van der Waals surface area contributed by atoms with E-state index in [0.29, 0.717) is 6.54 Å². The minimum absolute atomic E-state index is 0.108. The van der Waals surface area contributed by atoms with E-state index < -0.39 is 0 Å². The lowest BCUT2D eigenvalue weighted by Crippen LogP contribution is -2.38. The van der Waals surface area contributed by atoms with Crippen LogP contribution >= 0.6 is 0 Å². The van der Waals surface area contributed by atoms with E-state index in [-0.39, 0.29) is 12.6 Å². The Morgan fingerprint density at radius 3 is 2.93 bits per heavy atom. The Balaban J connectivity index is 2.52. The van der Waals surface area contributed by atoms with Crippen molar-refractivity contribution in [3.8, 4) is 0 Å². The van der Waals surface area contributed by atoms with E-state index in [1.165, 1.54) is 0 Å². The van der Waals surface area contributed by atoms with Crippen LogP contribution in [0.25, 0.3) is 0 Å². The molecule has 0 fully saturated rings. The first-order valence-electron chi connectivity index (χ1n) is 5.08. The van der Waals surface area contributed by atoms with Gasteiger partial charge in [-0.05, 0) is 25.7 Å². The van der Waals surface area contributed by atoms with Crippen LogP contribution in [-0.4, -0.2) is 35.2 Å². The fourth-order valence-electron chi connectivity index (χ4n) is 1.65. The second-order valence-corrected chi connectivity index (χ2v) is 3.41. The molecule has 1 aliphatic carbocycles. The third-order valence-corrected chi connectivity index (χ3v) is 2.39. The Bertz CT molecular complexity index is 214. The van der Waals surface area contributed by atoms with Crippen molar-refractivity contribution in [3.63, 3.8) is 0 Å². The number of nitrogens with zero attached hydrogens (tertiary/aromatic N) is 1. The van der Waals surface area contributed by atoms with Gasteiger partial charge in [0.05, 0.1) is 12.3 Å². The summed E-state index contributed by atoms with van der Waals surface area (Å²) in [6.07, 6.45) is 7.90. The lowest BCUT2D eigenvalue weighted by atomic mass is 9.99. The van der Waals surface area contributed by atoms with Crippen molar-refractivity contribution in [3.05, 3.63) is 12.2 Å². The fourth-order valence-corrected chi connectivity index (χ4v) is 1.65. The van der Waals surface area contributed by atoms with Crippen LogP contribution in [0.1, 0.15) is 25.7 Å². The molecule has 3 N–H and O–H groups in total. The van der Waals surface area contributed by atoms with Gasteiger partial charge < -0.3 is 15.6 Å². The quantitative estimate of drug-likeness (QED) is 0.358. The number of allylic oxidation sites excluding steroid dienone is 2. The van der Waals surface area contributed by atoms with E-state index in [1.807, 2.05) is 0 Å². The van der Waals surface area contributed by atoms with Crippen LogP contribution in [0.3, 0.4) is 0 Å². The molecule has 80 valence electrons. The van der Waals surface area contributed by atoms with Crippen molar-refractivity contribution in [1.29, 1.82) is 0 Å². The van der Waals surface area contributed by atoms with E-state index in [2.05, 4.69) is 22.6 Å². The minimum Gasteiger partial charge on any atom is -0.411 e. The largest absolute Gasteiger partial charge is 0.411 e. The molecule has 14 heavy (non-hydrogen) atoms. The van der Waals surface area contributed by atoms with E-state index in [4.69, 9.17) is 10.3 Å². The zero-order valence-electron chi connectivity index (χ0n) is 8.32. The van der Waals surface area contributed by atoms with Crippen LogP contribution in [0.15, 0.2) is 17.3 Å². The van der Waals surface area contributed by atoms with Crippen molar-refractivity contribution in [1.82, 2.24) is 5.32 Å². The van der Waals surface area contributed by atoms with Crippen LogP contribution in [0.2, 0.25) is 0 Å². The Hall–Kier alpha value is -0.870. The molecule has 4 heteroatoms. The third-order valence-electron chi connectivity index (χ3n) is 2.39. The topological polar surface area (TPSA) is 64.8 Å². The maximum Gasteiger partial charge on any atom is 0.0742 e. The van der Waals surface area contributed by atoms with Gasteiger partial charge in [-0.1, -0.05) is 17.3 Å². The third kappa shape index (κ3) is 3.47. The van der Waals surface area contributed by atoms with Crippen LogP contribution in [0.5, 0.6) is 0 Å². The van der Waals surface area contributed by atoms with Gasteiger partial charge >= 0.3 is 0 Å². The second-order valence-electron chi connectivity index (χ2n) is 3.41. The van der Waals surface area contributed by atoms with Gasteiger partial charge in [-0.15, -0.1) is 0 Å². The lowest BCUT2D eigenvalue weighted by Gasteiger charge is -2.19. The van der Waals surface area contributed by atoms with Gasteiger partial charge in [0, 0.05) is 12.6 Å². The van der Waals surface area contributed by atoms with Gasteiger partial charge in [0.25, 0.3) is 0 Å². The molecule has 1 unspecified atom stereocenters. The molecule has 0 saturated heterocycles. The molecule has 0 amide bonds. The maximum atomic E-state index is 8.84. The molecular formula is C10H18N2O2. The summed E-state index contributed by atoms with van der Waals surface area (Å²) in [5, 5.41) is 24.0. The van der Waals surface area contributed by atoms with Crippen molar-refractivity contribution < 1.29 is 10.3 Å². The first kappa shape index (κ1) is 11.2. The smallest absolute Gasteiger partial charge is 0.0742 e. The van der Waals surface area contributed by atoms with Crippen LogP contribution < -0.4 is 5.32 Å². The van der Waals surface area contributed by atoms with Crippen LogP contribution in [0.4, 0.5) is 0 Å². The van der Waals surface area contributed by atoms with Gasteiger partial charge in [-0.3, -0.25) is 0 Å². The molecule has 1 aliphatic rings. The monoisotopic (exact) mass is 198 g/mol. The van der Waals surface area contributed by atoms with E-state index >= 15 is 0 Å². The molecule has 0 heterocycles. The molecule has 0 bridgehead atoms. The Morgan fingerprint density at radius 2 is 2.21 bits per heavy atom. The Kier molecular flexibility index (Phi) is 5.25. The molecule has 0 spiro atoms. The molecule has 1 rings (SSSR count). The van der Waals surface area contributed by atoms with Crippen LogP contribution in [-0.2, 0) is 0 Å². The minimum atomic E-state index is 0.108. The van der Waals surface area contributed by atoms with Gasteiger partial charge in [0.2, 0.25) is 0 Å². The lowest BCUT2D eigenvalue weighted by molar-refractivity contribution is 0.285. The van der Waals surface area contributed by atoms with Crippen molar-refractivity contribution >= 4 is 5.71 Å². The predicted molar refractivity (Wildman–Crippen MR) is 55.7 cm³/mol. The number of oxime groups is 1. The first-order chi connectivity index (χ1) is 6.88. The summed E-state index contributed by atoms with van der Waals surface area (Å²) >= 11 is 0. The number of aliphatic hydroxyl groups is 1. The number of hydrogen-bond donors (Lipinski definition) is 3. The highest BCUT2D eigenvalue weighted by molar-refractivity contribution is 5.89. The molecule has 0 saturated carbocycles. The highest BCUT2D eigenvalue weighted by Gasteiger charge is 2.15. The summed E-state index contributed by atoms with van der Waals surface area (Å²) < 4.78 is 0. The Morgan fingerprint density at radius 1 is 1.43 bits per heavy atom. The summed E-state index contributed by atoms with van der Waals surface area (Å²) in [6.45, 7) is 0.665. The molecular weight excluding hydrogens is 180 g/mol. The van der Waals surface area contributed by atoms with Gasteiger partial charge in [0.15, 0.2) is 0 Å². The van der Waals surface area contributed by atoms with Gasteiger partial charge in [-0.2, -0.15) is 0 Å². The number of hydrogen-bond acceptors (Lipinski definition) is 4. The summed E-state index contributed by atoms with van der Waals surface area (Å²) in [6, 6.07) is 0.108. The van der Waals surface area contributed by atoms with Crippen molar-refractivity contribution in [2.45, 2.75) is 31.7 Å². The zero-order chi connectivity index (χ0) is 10.2. The molecule has 0 aliphatic heterocycles. The van der Waals surface area contributed by atoms with E-state index in [9.17, 15) is 0 Å². The van der Waals surface area contributed by atoms with E-state index in [0.717, 1.165) is 31.4 Å². The van der Waals surface area contributed by atoms with Gasteiger partial charge in [-0.25, -0.2) is 0 Å². The summed E-state index contributed by atoms with van der Waals surface area (Å²) in [4.78, 5) is 0. The maximum absolute atomic E-state index is 8.84. The molecule has 1 atom stereocenters. The number of nitrogens with one attached hydrogen (secondary N) is 1. The van der Waals surface area contributed by atoms with E-state index in [1.54, 1.807) is 0 Å². The van der Waals surface area contributed by atoms with Crippen molar-refractivity contribution in [2.24, 2.45) is 5.16 Å². The number of aliphatic hydroxyl groups excluding tert-OH is 1. The van der Waals surface area contributed by atoms with Crippen molar-refractivity contribution in [2.75, 3.05) is 13.2 Å². The average molecular weight is 198 g/mol. The Labute approximate surface area is 84.3 Å². The predicted octanol–water partition coefficient (Wildman–Crippen LogP) is 0.897. The highest BCUT2D eigenvalue weighted by Crippen LogP contribution is 2.10. The first-order valence-corrected chi connectivity index (χ1v) is 5.08. The second kappa shape index (κ2) is 6.56. The van der Waals surface area contributed by atoms with Gasteiger partial charge in [0.1, 0.15) is 0 Å². The molecule has 0 aromatic carbocycles. The molecule has 0 aromatic heterocycles. The number of rotatable bonds is 3. The standard InChI is InChI=1S/C10H18N2O2/c13-8-7-11-9-5-3-1-2-4-6-10(9)12-14/h1-2,9,11,13-14H,3-8H2/b2-1-,12-10-. The zero-order valence-corrected chi connectivity index (χ0v) is 8.32. The fraction of sp³-hybridized carbons (Fsp3) is 0.700. The SMILES string of the molecule is OCCNC1CC/C=C\CC/C1=N/O. The molecule has 0 aromatic rings. The summed E-state index contributed by atoms with van der Waals surface area (Å²) in [5.74, 6) is 0. The van der Waals surface area contributed by atoms with Crippen LogP contribution in [0, 0.1) is 0 Å². The summed E-state index contributed by atoms with van der Waals surface area (Å²) in [5.41, 5.74) is 0.794. The molecule has 4 nitrogen and oxygen atoms in total. The molecule has 0 radical (unpaired) electrons. The highest BCUT2D eigenvalue weighted by atomic mass is 16.4.